The summed E-state index contributed by atoms with van der Waals surface area (Å²) in [4.78, 5) is 40.1. The molecule has 0 spiro atoms. The minimum atomic E-state index is -0.602. The van der Waals surface area contributed by atoms with Crippen LogP contribution in [0.2, 0.25) is 0 Å². The van der Waals surface area contributed by atoms with Gasteiger partial charge in [-0.15, -0.1) is 0 Å². The molecule has 2 aromatic carbocycles. The van der Waals surface area contributed by atoms with E-state index in [0.29, 0.717) is 17.8 Å². The molecule has 0 saturated heterocycles. The van der Waals surface area contributed by atoms with Crippen molar-refractivity contribution in [3.8, 4) is 0 Å². The van der Waals surface area contributed by atoms with Crippen molar-refractivity contribution in [1.82, 2.24) is 4.90 Å². The summed E-state index contributed by atoms with van der Waals surface area (Å²) in [6.45, 7) is 5.52. The van der Waals surface area contributed by atoms with E-state index in [1.807, 2.05) is 24.3 Å². The maximum Gasteiger partial charge on any atom is 0.254 e. The predicted octanol–water partition coefficient (Wildman–Crippen LogP) is 2.82. The van der Waals surface area contributed by atoms with Crippen molar-refractivity contribution >= 4 is 29.1 Å². The molecule has 1 unspecified atom stereocenters. The third kappa shape index (κ3) is 3.60. The number of para-hydroxylation sites is 1. The zero-order valence-electron chi connectivity index (χ0n) is 15.3. The fraction of sp³-hybridized carbons (Fsp3) is 0.190. The summed E-state index contributed by atoms with van der Waals surface area (Å²) in [6, 6.07) is 13.6. The van der Waals surface area contributed by atoms with E-state index >= 15 is 0 Å². The fourth-order valence-electron chi connectivity index (χ4n) is 2.98. The van der Waals surface area contributed by atoms with Gasteiger partial charge in [0, 0.05) is 30.5 Å². The number of benzene rings is 2. The molecule has 6 nitrogen and oxygen atoms in total. The van der Waals surface area contributed by atoms with Gasteiger partial charge in [-0.3, -0.25) is 14.4 Å². The van der Waals surface area contributed by atoms with E-state index in [0.717, 1.165) is 11.3 Å². The number of carbonyl (C=O) groups excluding carboxylic acids is 3. The highest BCUT2D eigenvalue weighted by molar-refractivity contribution is 6.03. The van der Waals surface area contributed by atoms with Crippen LogP contribution < -0.4 is 10.2 Å². The van der Waals surface area contributed by atoms with Crippen LogP contribution in [0.3, 0.4) is 0 Å². The van der Waals surface area contributed by atoms with Crippen LogP contribution in [-0.4, -0.2) is 35.7 Å². The first-order valence-corrected chi connectivity index (χ1v) is 8.62. The predicted molar refractivity (Wildman–Crippen MR) is 104 cm³/mol. The van der Waals surface area contributed by atoms with Crippen LogP contribution in [0.4, 0.5) is 11.4 Å². The Morgan fingerprint density at radius 1 is 1.19 bits per heavy atom. The highest BCUT2D eigenvalue weighted by Crippen LogP contribution is 2.25. The number of amides is 3. The maximum atomic E-state index is 13.0. The highest BCUT2D eigenvalue weighted by Gasteiger charge is 2.30. The molecule has 0 saturated carbocycles. The summed E-state index contributed by atoms with van der Waals surface area (Å²) in [6.07, 6.45) is 1.23. The van der Waals surface area contributed by atoms with Crippen LogP contribution in [0.5, 0.6) is 0 Å². The average molecular weight is 363 g/mol. The topological polar surface area (TPSA) is 69.7 Å². The molecule has 0 aliphatic carbocycles. The quantitative estimate of drug-likeness (QED) is 0.853. The summed E-state index contributed by atoms with van der Waals surface area (Å²) >= 11 is 0. The lowest BCUT2D eigenvalue weighted by molar-refractivity contribution is -0.120. The van der Waals surface area contributed by atoms with E-state index in [1.165, 1.54) is 11.0 Å². The summed E-state index contributed by atoms with van der Waals surface area (Å²) in [5.74, 6) is -0.691. The number of fused-ring (bicyclic) bond motifs is 1. The monoisotopic (exact) mass is 363 g/mol. The van der Waals surface area contributed by atoms with Gasteiger partial charge in [0.1, 0.15) is 6.04 Å². The van der Waals surface area contributed by atoms with Crippen molar-refractivity contribution in [2.24, 2.45) is 0 Å². The molecule has 6 heteroatoms. The number of carbonyl (C=O) groups is 3. The standard InChI is InChI=1S/C21H21N3O3/c1-4-19(25)23(3)17-11-9-15(10-12-17)21(27)24-13-16-7-5-6-8-18(16)22-20(26)14(24)2/h4-12,14H,1,13H2,2-3H3,(H,22,26). The maximum absolute atomic E-state index is 13.0. The third-order valence-corrected chi connectivity index (χ3v) is 4.73. The zero-order valence-corrected chi connectivity index (χ0v) is 15.3. The van der Waals surface area contributed by atoms with E-state index < -0.39 is 6.04 Å². The Balaban J connectivity index is 1.87. The summed E-state index contributed by atoms with van der Waals surface area (Å²) in [5.41, 5.74) is 2.72. The van der Waals surface area contributed by atoms with Gasteiger partial charge in [0.05, 0.1) is 0 Å². The van der Waals surface area contributed by atoms with Gasteiger partial charge in [-0.1, -0.05) is 24.8 Å². The van der Waals surface area contributed by atoms with Gasteiger partial charge in [-0.25, -0.2) is 0 Å². The molecule has 1 aliphatic rings. The van der Waals surface area contributed by atoms with Crippen molar-refractivity contribution < 1.29 is 14.4 Å². The second-order valence-corrected chi connectivity index (χ2v) is 6.40. The lowest BCUT2D eigenvalue weighted by Gasteiger charge is -2.26. The summed E-state index contributed by atoms with van der Waals surface area (Å²) in [5, 5.41) is 2.87. The molecule has 3 amide bonds. The van der Waals surface area contributed by atoms with Crippen LogP contribution in [0.25, 0.3) is 0 Å². The first-order valence-electron chi connectivity index (χ1n) is 8.62. The number of nitrogens with one attached hydrogen (secondary N) is 1. The molecule has 3 rings (SSSR count). The summed E-state index contributed by atoms with van der Waals surface area (Å²) < 4.78 is 0. The van der Waals surface area contributed by atoms with Gasteiger partial charge >= 0.3 is 0 Å². The number of hydrogen-bond acceptors (Lipinski definition) is 3. The van der Waals surface area contributed by atoms with Gasteiger partial charge in [0.25, 0.3) is 5.91 Å². The zero-order chi connectivity index (χ0) is 19.6. The normalized spacial score (nSPS) is 16.0. The first-order chi connectivity index (χ1) is 12.9. The van der Waals surface area contributed by atoms with E-state index in [9.17, 15) is 14.4 Å². The summed E-state index contributed by atoms with van der Waals surface area (Å²) in [7, 11) is 1.64. The van der Waals surface area contributed by atoms with Gasteiger partial charge in [-0.2, -0.15) is 0 Å². The van der Waals surface area contributed by atoms with E-state index in [4.69, 9.17) is 0 Å². The Morgan fingerprint density at radius 2 is 1.85 bits per heavy atom. The Kier molecular flexibility index (Phi) is 5.07. The van der Waals surface area contributed by atoms with E-state index in [-0.39, 0.29) is 17.7 Å². The molecule has 1 aliphatic heterocycles. The molecule has 27 heavy (non-hydrogen) atoms. The average Bonchev–Trinajstić information content (AvgIpc) is 2.83. The molecular weight excluding hydrogens is 342 g/mol. The van der Waals surface area contributed by atoms with Crippen molar-refractivity contribution in [3.63, 3.8) is 0 Å². The molecule has 1 atom stereocenters. The number of hydrogen-bond donors (Lipinski definition) is 1. The Labute approximate surface area is 158 Å². The number of likely N-dealkylation sites (N-methyl/N-ethyl adjacent to an activating group) is 1. The van der Waals surface area contributed by atoms with Crippen molar-refractivity contribution in [2.45, 2.75) is 19.5 Å². The van der Waals surface area contributed by atoms with Crippen molar-refractivity contribution in [2.75, 3.05) is 17.3 Å². The molecule has 1 heterocycles. The Bertz CT molecular complexity index is 905. The SMILES string of the molecule is C=CC(=O)N(C)c1ccc(C(=O)N2Cc3ccccc3NC(=O)C2C)cc1. The van der Waals surface area contributed by atoms with Crippen LogP contribution in [-0.2, 0) is 16.1 Å². The third-order valence-electron chi connectivity index (χ3n) is 4.73. The molecular formula is C21H21N3O3. The number of rotatable bonds is 3. The molecule has 2 aromatic rings. The molecule has 0 bridgehead atoms. The van der Waals surface area contributed by atoms with Gasteiger partial charge in [-0.05, 0) is 48.9 Å². The molecule has 0 aromatic heterocycles. The smallest absolute Gasteiger partial charge is 0.254 e. The van der Waals surface area contributed by atoms with Gasteiger partial charge in [0.2, 0.25) is 11.8 Å². The van der Waals surface area contributed by atoms with E-state index in [1.54, 1.807) is 43.1 Å². The largest absolute Gasteiger partial charge is 0.324 e. The number of anilines is 2. The molecule has 0 radical (unpaired) electrons. The van der Waals surface area contributed by atoms with Gasteiger partial charge < -0.3 is 15.1 Å². The minimum Gasteiger partial charge on any atom is -0.324 e. The molecule has 1 N–H and O–H groups in total. The van der Waals surface area contributed by atoms with Crippen LogP contribution in [0, 0.1) is 0 Å². The first kappa shape index (κ1) is 18.4. The van der Waals surface area contributed by atoms with Crippen LogP contribution in [0.15, 0.2) is 61.2 Å². The molecule has 0 fully saturated rings. The van der Waals surface area contributed by atoms with Crippen molar-refractivity contribution in [3.05, 3.63) is 72.3 Å². The Hall–Kier alpha value is -3.41. The Morgan fingerprint density at radius 3 is 2.52 bits per heavy atom. The van der Waals surface area contributed by atoms with Gasteiger partial charge in [0.15, 0.2) is 0 Å². The van der Waals surface area contributed by atoms with E-state index in [2.05, 4.69) is 11.9 Å². The van der Waals surface area contributed by atoms with Crippen LogP contribution >= 0.6 is 0 Å². The second-order valence-electron chi connectivity index (χ2n) is 6.40. The second kappa shape index (κ2) is 7.45. The molecule has 138 valence electrons. The lowest BCUT2D eigenvalue weighted by Crippen LogP contribution is -2.43. The fourth-order valence-corrected chi connectivity index (χ4v) is 2.98. The van der Waals surface area contributed by atoms with Crippen LogP contribution in [0.1, 0.15) is 22.8 Å². The highest BCUT2D eigenvalue weighted by atomic mass is 16.2. The lowest BCUT2D eigenvalue weighted by atomic mass is 10.1. The number of nitrogens with zero attached hydrogens (tertiary/aromatic N) is 2. The van der Waals surface area contributed by atoms with Crippen molar-refractivity contribution in [1.29, 1.82) is 0 Å². The minimum absolute atomic E-state index is 0.221.